The maximum atomic E-state index is 13.5. The molecule has 5 heteroatoms. The van der Waals surface area contributed by atoms with Crippen molar-refractivity contribution in [3.05, 3.63) is 34.6 Å². The second kappa shape index (κ2) is 8.12. The van der Waals surface area contributed by atoms with E-state index >= 15 is 0 Å². The average Bonchev–Trinajstić information content (AvgIpc) is 2.36. The first-order valence-corrected chi connectivity index (χ1v) is 6.71. The minimum Gasteiger partial charge on any atom is -0.466 e. The largest absolute Gasteiger partial charge is 0.466 e. The highest BCUT2D eigenvalue weighted by Gasteiger charge is 2.15. The van der Waals surface area contributed by atoms with E-state index in [2.05, 4.69) is 0 Å². The van der Waals surface area contributed by atoms with Crippen LogP contribution in [-0.2, 0) is 9.53 Å². The normalized spacial score (nSPS) is 12.2. The molecule has 0 radical (unpaired) electrons. The number of rotatable bonds is 7. The molecular weight excluding hydrogens is 271 g/mol. The Hall–Kier alpha value is -1.13. The number of carbonyl (C=O) groups excluding carboxylic acids is 1. The monoisotopic (exact) mass is 288 g/mol. The number of hydrogen-bond acceptors (Lipinski definition) is 3. The first kappa shape index (κ1) is 15.9. The molecule has 0 aliphatic heterocycles. The van der Waals surface area contributed by atoms with Gasteiger partial charge in [-0.1, -0.05) is 31.0 Å². The highest BCUT2D eigenvalue weighted by atomic mass is 35.5. The highest BCUT2D eigenvalue weighted by Crippen LogP contribution is 2.24. The number of esters is 1. The molecule has 1 unspecified atom stereocenters. The zero-order valence-corrected chi connectivity index (χ0v) is 11.6. The number of unbranched alkanes of at least 4 members (excludes halogenated alkanes) is 1. The van der Waals surface area contributed by atoms with E-state index in [0.717, 1.165) is 18.9 Å². The second-order valence-electron chi connectivity index (χ2n) is 4.29. The van der Waals surface area contributed by atoms with E-state index in [1.54, 1.807) is 0 Å². The summed E-state index contributed by atoms with van der Waals surface area (Å²) in [5.41, 5.74) is 0.144. The minimum absolute atomic E-state index is 0.0624. The number of benzene rings is 1. The van der Waals surface area contributed by atoms with Crippen LogP contribution < -0.4 is 0 Å². The van der Waals surface area contributed by atoms with Crippen molar-refractivity contribution in [1.82, 2.24) is 0 Å². The average molecular weight is 289 g/mol. The zero-order valence-electron chi connectivity index (χ0n) is 10.9. The summed E-state index contributed by atoms with van der Waals surface area (Å²) in [6.45, 7) is 2.39. The van der Waals surface area contributed by atoms with E-state index in [9.17, 15) is 14.3 Å². The van der Waals surface area contributed by atoms with Crippen LogP contribution >= 0.6 is 11.6 Å². The van der Waals surface area contributed by atoms with Gasteiger partial charge in [0.2, 0.25) is 0 Å². The predicted octanol–water partition coefficient (Wildman–Crippen LogP) is 3.64. The molecule has 106 valence electrons. The first-order valence-electron chi connectivity index (χ1n) is 6.33. The van der Waals surface area contributed by atoms with Crippen LogP contribution in [0.4, 0.5) is 4.39 Å². The third-order valence-electron chi connectivity index (χ3n) is 2.70. The lowest BCUT2D eigenvalue weighted by molar-refractivity contribution is -0.144. The predicted molar refractivity (Wildman–Crippen MR) is 71.5 cm³/mol. The van der Waals surface area contributed by atoms with Crippen molar-refractivity contribution in [3.63, 3.8) is 0 Å². The smallest absolute Gasteiger partial charge is 0.305 e. The fourth-order valence-corrected chi connectivity index (χ4v) is 1.74. The molecule has 1 N–H and O–H groups in total. The lowest BCUT2D eigenvalue weighted by atomic mass is 10.0. The van der Waals surface area contributed by atoms with Gasteiger partial charge in [0.1, 0.15) is 5.82 Å². The maximum absolute atomic E-state index is 13.5. The Bertz CT molecular complexity index is 423. The molecule has 0 aliphatic carbocycles. The Kier molecular flexibility index (Phi) is 6.81. The van der Waals surface area contributed by atoms with Crippen LogP contribution in [0.1, 0.15) is 44.3 Å². The molecular formula is C14H18ClFO3. The van der Waals surface area contributed by atoms with E-state index < -0.39 is 11.9 Å². The molecule has 0 amide bonds. The fourth-order valence-electron chi connectivity index (χ4n) is 1.58. The molecule has 0 heterocycles. The molecule has 0 aliphatic rings. The Morgan fingerprint density at radius 1 is 1.53 bits per heavy atom. The third-order valence-corrected chi connectivity index (χ3v) is 2.94. The Morgan fingerprint density at radius 3 is 2.89 bits per heavy atom. The summed E-state index contributed by atoms with van der Waals surface area (Å²) >= 11 is 5.62. The van der Waals surface area contributed by atoms with Gasteiger partial charge in [-0.3, -0.25) is 4.79 Å². The molecule has 0 saturated carbocycles. The van der Waals surface area contributed by atoms with Crippen molar-refractivity contribution >= 4 is 17.6 Å². The number of hydrogen-bond donors (Lipinski definition) is 1. The molecule has 0 bridgehead atoms. The SMILES string of the molecule is CCCCOC(=O)CCC(O)c1ccc(Cl)cc1F. The lowest BCUT2D eigenvalue weighted by Crippen LogP contribution is -2.09. The molecule has 1 atom stereocenters. The van der Waals surface area contributed by atoms with Crippen molar-refractivity contribution in [2.45, 2.75) is 38.7 Å². The summed E-state index contributed by atoms with van der Waals surface area (Å²) in [4.78, 5) is 11.3. The van der Waals surface area contributed by atoms with Gasteiger partial charge >= 0.3 is 5.97 Å². The molecule has 19 heavy (non-hydrogen) atoms. The fraction of sp³-hybridized carbons (Fsp3) is 0.500. The quantitative estimate of drug-likeness (QED) is 0.615. The zero-order chi connectivity index (χ0) is 14.3. The van der Waals surface area contributed by atoms with Crippen LogP contribution in [0.15, 0.2) is 18.2 Å². The Morgan fingerprint density at radius 2 is 2.26 bits per heavy atom. The van der Waals surface area contributed by atoms with Gasteiger partial charge in [-0.25, -0.2) is 4.39 Å². The van der Waals surface area contributed by atoms with E-state index in [0.29, 0.717) is 6.61 Å². The van der Waals surface area contributed by atoms with E-state index in [1.807, 2.05) is 6.92 Å². The minimum atomic E-state index is -1.03. The van der Waals surface area contributed by atoms with Gasteiger partial charge < -0.3 is 9.84 Å². The molecule has 0 spiro atoms. The Labute approximate surface area is 117 Å². The summed E-state index contributed by atoms with van der Waals surface area (Å²) in [6, 6.07) is 4.06. The van der Waals surface area contributed by atoms with E-state index in [1.165, 1.54) is 12.1 Å². The second-order valence-corrected chi connectivity index (χ2v) is 4.73. The van der Waals surface area contributed by atoms with Gasteiger partial charge in [0.15, 0.2) is 0 Å². The van der Waals surface area contributed by atoms with Gasteiger partial charge in [0.05, 0.1) is 12.7 Å². The van der Waals surface area contributed by atoms with Crippen LogP contribution in [0.25, 0.3) is 0 Å². The number of aliphatic hydroxyl groups is 1. The van der Waals surface area contributed by atoms with Gasteiger partial charge in [-0.05, 0) is 25.0 Å². The summed E-state index contributed by atoms with van der Waals surface area (Å²) in [5.74, 6) is -0.943. The van der Waals surface area contributed by atoms with Crippen LogP contribution in [0.3, 0.4) is 0 Å². The number of ether oxygens (including phenoxy) is 1. The van der Waals surface area contributed by atoms with Crippen molar-refractivity contribution in [2.75, 3.05) is 6.61 Å². The van der Waals surface area contributed by atoms with Gasteiger partial charge in [-0.15, -0.1) is 0 Å². The van der Waals surface area contributed by atoms with Gasteiger partial charge in [0, 0.05) is 17.0 Å². The lowest BCUT2D eigenvalue weighted by Gasteiger charge is -2.11. The van der Waals surface area contributed by atoms with Crippen molar-refractivity contribution in [1.29, 1.82) is 0 Å². The molecule has 1 aromatic rings. The maximum Gasteiger partial charge on any atom is 0.305 e. The third kappa shape index (κ3) is 5.57. The number of halogens is 2. The molecule has 1 aromatic carbocycles. The van der Waals surface area contributed by atoms with Crippen LogP contribution in [0.2, 0.25) is 5.02 Å². The van der Waals surface area contributed by atoms with Crippen LogP contribution in [-0.4, -0.2) is 17.7 Å². The number of carbonyl (C=O) groups is 1. The molecule has 0 saturated heterocycles. The summed E-state index contributed by atoms with van der Waals surface area (Å²) in [5, 5.41) is 10.1. The molecule has 1 rings (SSSR count). The summed E-state index contributed by atoms with van der Waals surface area (Å²) < 4.78 is 18.5. The Balaban J connectivity index is 2.42. The van der Waals surface area contributed by atoms with Crippen molar-refractivity contribution in [3.8, 4) is 0 Å². The molecule has 0 aromatic heterocycles. The van der Waals surface area contributed by atoms with Crippen molar-refractivity contribution < 1.29 is 19.0 Å². The first-order chi connectivity index (χ1) is 9.04. The molecule has 0 fully saturated rings. The van der Waals surface area contributed by atoms with Crippen LogP contribution in [0, 0.1) is 5.82 Å². The van der Waals surface area contributed by atoms with E-state index in [-0.39, 0.29) is 29.4 Å². The van der Waals surface area contributed by atoms with Crippen LogP contribution in [0.5, 0.6) is 0 Å². The van der Waals surface area contributed by atoms with Gasteiger partial charge in [-0.2, -0.15) is 0 Å². The number of aliphatic hydroxyl groups excluding tert-OH is 1. The summed E-state index contributed by atoms with van der Waals surface area (Å²) in [7, 11) is 0. The van der Waals surface area contributed by atoms with Crippen molar-refractivity contribution in [2.24, 2.45) is 0 Å². The van der Waals surface area contributed by atoms with E-state index in [4.69, 9.17) is 16.3 Å². The highest BCUT2D eigenvalue weighted by molar-refractivity contribution is 6.30. The summed E-state index contributed by atoms with van der Waals surface area (Å²) in [6.07, 6.45) is 0.929. The standard InChI is InChI=1S/C14H18ClFO3/c1-2-3-8-19-14(18)7-6-13(17)11-5-4-10(15)9-12(11)16/h4-5,9,13,17H,2-3,6-8H2,1H3. The molecule has 3 nitrogen and oxygen atoms in total. The topological polar surface area (TPSA) is 46.5 Å². The van der Waals surface area contributed by atoms with Gasteiger partial charge in [0.25, 0.3) is 0 Å².